The summed E-state index contributed by atoms with van der Waals surface area (Å²) in [6.07, 6.45) is 1.58. The predicted octanol–water partition coefficient (Wildman–Crippen LogP) is 1.74. The summed E-state index contributed by atoms with van der Waals surface area (Å²) in [5.74, 6) is 2.82. The molecule has 4 heteroatoms. The van der Waals surface area contributed by atoms with Gasteiger partial charge in [-0.15, -0.1) is 0 Å². The van der Waals surface area contributed by atoms with E-state index >= 15 is 0 Å². The van der Waals surface area contributed by atoms with Gasteiger partial charge in [-0.2, -0.15) is 0 Å². The minimum Gasteiger partial charge on any atom is -0.224 e. The van der Waals surface area contributed by atoms with Gasteiger partial charge in [0.15, 0.2) is 0 Å². The van der Waals surface area contributed by atoms with Gasteiger partial charge in [-0.1, -0.05) is 23.6 Å². The first kappa shape index (κ1) is 11.0. The number of sulfonamides is 1. The fraction of sp³-hybridized carbons (Fsp3) is 0.333. The highest BCUT2D eigenvalue weighted by atomic mass is 32.2. The molecule has 0 spiro atoms. The fourth-order valence-electron chi connectivity index (χ4n) is 1.53. The SMILES string of the molecule is Cc1ccc(S(=O)(=O)N2C#CCCC2)cc1. The quantitative estimate of drug-likeness (QED) is 0.732. The van der Waals surface area contributed by atoms with Crippen molar-refractivity contribution in [1.82, 2.24) is 4.31 Å². The van der Waals surface area contributed by atoms with Crippen LogP contribution in [0.2, 0.25) is 0 Å². The maximum Gasteiger partial charge on any atom is 0.270 e. The van der Waals surface area contributed by atoms with Gasteiger partial charge >= 0.3 is 0 Å². The highest BCUT2D eigenvalue weighted by Crippen LogP contribution is 2.17. The molecule has 0 N–H and O–H groups in total. The number of aryl methyl sites for hydroxylation is 1. The summed E-state index contributed by atoms with van der Waals surface area (Å²) in [5.41, 5.74) is 1.05. The van der Waals surface area contributed by atoms with Crippen molar-refractivity contribution in [3.05, 3.63) is 29.8 Å². The molecule has 84 valence electrons. The average molecular weight is 235 g/mol. The maximum absolute atomic E-state index is 12.1. The molecule has 16 heavy (non-hydrogen) atoms. The van der Waals surface area contributed by atoms with Crippen LogP contribution in [0.5, 0.6) is 0 Å². The minimum atomic E-state index is -3.42. The van der Waals surface area contributed by atoms with Crippen LogP contribution in [0.25, 0.3) is 0 Å². The average Bonchev–Trinajstić information content (AvgIpc) is 2.31. The Balaban J connectivity index is 2.37. The van der Waals surface area contributed by atoms with E-state index in [4.69, 9.17) is 0 Å². The van der Waals surface area contributed by atoms with E-state index in [2.05, 4.69) is 12.0 Å². The van der Waals surface area contributed by atoms with Gasteiger partial charge < -0.3 is 0 Å². The summed E-state index contributed by atoms with van der Waals surface area (Å²) in [6, 6.07) is 9.51. The van der Waals surface area contributed by atoms with Gasteiger partial charge in [-0.25, -0.2) is 12.7 Å². The van der Waals surface area contributed by atoms with Crippen LogP contribution in [0.3, 0.4) is 0 Å². The molecule has 0 saturated carbocycles. The zero-order valence-electron chi connectivity index (χ0n) is 9.10. The van der Waals surface area contributed by atoms with Gasteiger partial charge in [0.25, 0.3) is 10.0 Å². The second-order valence-corrected chi connectivity index (χ2v) is 5.64. The first-order chi connectivity index (χ1) is 7.60. The van der Waals surface area contributed by atoms with E-state index in [1.165, 1.54) is 4.31 Å². The monoisotopic (exact) mass is 235 g/mol. The van der Waals surface area contributed by atoms with E-state index in [0.29, 0.717) is 11.4 Å². The van der Waals surface area contributed by atoms with E-state index in [0.717, 1.165) is 18.4 Å². The topological polar surface area (TPSA) is 37.4 Å². The Labute approximate surface area is 96.1 Å². The van der Waals surface area contributed by atoms with Crippen molar-refractivity contribution >= 4 is 10.0 Å². The largest absolute Gasteiger partial charge is 0.270 e. The van der Waals surface area contributed by atoms with Gasteiger partial charge in [-0.05, 0) is 25.5 Å². The lowest BCUT2D eigenvalue weighted by molar-refractivity contribution is 0.497. The van der Waals surface area contributed by atoms with E-state index < -0.39 is 10.0 Å². The Morgan fingerprint density at radius 2 is 1.94 bits per heavy atom. The smallest absolute Gasteiger partial charge is 0.224 e. The predicted molar refractivity (Wildman–Crippen MR) is 62.1 cm³/mol. The van der Waals surface area contributed by atoms with Crippen molar-refractivity contribution in [2.75, 3.05) is 6.54 Å². The third-order valence-electron chi connectivity index (χ3n) is 2.48. The zero-order chi connectivity index (χ0) is 11.6. The molecule has 1 aliphatic heterocycles. The van der Waals surface area contributed by atoms with Gasteiger partial charge in [0, 0.05) is 19.0 Å². The van der Waals surface area contributed by atoms with Gasteiger partial charge in [0.2, 0.25) is 0 Å². The molecule has 0 bridgehead atoms. The summed E-state index contributed by atoms with van der Waals surface area (Å²) in [5, 5.41) is 0. The molecule has 0 aromatic heterocycles. The lowest BCUT2D eigenvalue weighted by Gasteiger charge is -2.19. The molecule has 1 aromatic rings. The number of rotatable bonds is 2. The van der Waals surface area contributed by atoms with Crippen molar-refractivity contribution in [2.45, 2.75) is 24.7 Å². The summed E-state index contributed by atoms with van der Waals surface area (Å²) in [7, 11) is -3.42. The van der Waals surface area contributed by atoms with Crippen LogP contribution >= 0.6 is 0 Å². The highest BCUT2D eigenvalue weighted by Gasteiger charge is 2.22. The minimum absolute atomic E-state index is 0.314. The molecule has 3 nitrogen and oxygen atoms in total. The van der Waals surface area contributed by atoms with Crippen LogP contribution in [0.15, 0.2) is 29.2 Å². The van der Waals surface area contributed by atoms with Crippen molar-refractivity contribution < 1.29 is 8.42 Å². The summed E-state index contributed by atoms with van der Waals surface area (Å²) >= 11 is 0. The molecule has 1 heterocycles. The van der Waals surface area contributed by atoms with E-state index in [1.807, 2.05) is 6.92 Å². The summed E-state index contributed by atoms with van der Waals surface area (Å²) < 4.78 is 25.5. The van der Waals surface area contributed by atoms with Crippen molar-refractivity contribution in [2.24, 2.45) is 0 Å². The van der Waals surface area contributed by atoms with Crippen molar-refractivity contribution in [3.63, 3.8) is 0 Å². The molecule has 0 amide bonds. The fourth-order valence-corrected chi connectivity index (χ4v) is 2.82. The Morgan fingerprint density at radius 3 is 2.50 bits per heavy atom. The molecule has 0 radical (unpaired) electrons. The second kappa shape index (κ2) is 4.18. The lowest BCUT2D eigenvalue weighted by Crippen LogP contribution is -2.29. The molecule has 0 atom stereocenters. The van der Waals surface area contributed by atoms with Gasteiger partial charge in [-0.3, -0.25) is 0 Å². The Bertz CT molecular complexity index is 535. The molecule has 0 aliphatic carbocycles. The third kappa shape index (κ3) is 2.05. The molecule has 0 saturated heterocycles. The van der Waals surface area contributed by atoms with Crippen LogP contribution < -0.4 is 0 Å². The molecular formula is C12H13NO2S. The summed E-state index contributed by atoms with van der Waals surface area (Å²) in [6.45, 7) is 2.42. The van der Waals surface area contributed by atoms with Crippen molar-refractivity contribution in [1.29, 1.82) is 0 Å². The normalized spacial score (nSPS) is 15.4. The number of hydrogen-bond donors (Lipinski definition) is 0. The molecule has 1 aromatic carbocycles. The molecule has 1 aliphatic rings. The Hall–Kier alpha value is -1.47. The van der Waals surface area contributed by atoms with Crippen LogP contribution in [0.4, 0.5) is 0 Å². The Morgan fingerprint density at radius 1 is 1.25 bits per heavy atom. The van der Waals surface area contributed by atoms with Crippen LogP contribution in [0.1, 0.15) is 18.4 Å². The first-order valence-corrected chi connectivity index (χ1v) is 6.62. The zero-order valence-corrected chi connectivity index (χ0v) is 9.92. The number of benzene rings is 1. The summed E-state index contributed by atoms with van der Waals surface area (Å²) in [4.78, 5) is 0.314. The third-order valence-corrected chi connectivity index (χ3v) is 4.20. The van der Waals surface area contributed by atoms with Gasteiger partial charge in [0.05, 0.1) is 4.90 Å². The molecule has 2 rings (SSSR count). The number of nitrogens with zero attached hydrogens (tertiary/aromatic N) is 1. The van der Waals surface area contributed by atoms with Crippen molar-refractivity contribution in [3.8, 4) is 12.0 Å². The number of hydrogen-bond acceptors (Lipinski definition) is 2. The van der Waals surface area contributed by atoms with Gasteiger partial charge in [0.1, 0.15) is 0 Å². The van der Waals surface area contributed by atoms with E-state index in [-0.39, 0.29) is 0 Å². The van der Waals surface area contributed by atoms with E-state index in [9.17, 15) is 8.42 Å². The lowest BCUT2D eigenvalue weighted by atomic mass is 10.2. The first-order valence-electron chi connectivity index (χ1n) is 5.18. The van der Waals surface area contributed by atoms with Crippen LogP contribution in [0, 0.1) is 18.9 Å². The maximum atomic E-state index is 12.1. The molecular weight excluding hydrogens is 222 g/mol. The van der Waals surface area contributed by atoms with Crippen LogP contribution in [-0.4, -0.2) is 19.3 Å². The Kier molecular flexibility index (Phi) is 2.88. The van der Waals surface area contributed by atoms with Crippen LogP contribution in [-0.2, 0) is 10.0 Å². The molecule has 0 fully saturated rings. The second-order valence-electron chi connectivity index (χ2n) is 3.78. The highest BCUT2D eigenvalue weighted by molar-refractivity contribution is 7.89. The molecule has 0 unspecified atom stereocenters. The standard InChI is InChI=1S/C12H13NO2S/c1-11-5-7-12(8-6-11)16(14,15)13-9-3-2-4-10-13/h5-8H,2-3,9H2,1H3. The van der Waals surface area contributed by atoms with E-state index in [1.54, 1.807) is 24.3 Å².